The van der Waals surface area contributed by atoms with Gasteiger partial charge in [-0.05, 0) is 56.0 Å². The number of hydrogen-bond acceptors (Lipinski definition) is 6. The molecule has 1 unspecified atom stereocenters. The zero-order valence-electron chi connectivity index (χ0n) is 23.1. The second kappa shape index (κ2) is 11.3. The van der Waals surface area contributed by atoms with Gasteiger partial charge in [0.2, 0.25) is 5.91 Å². The summed E-state index contributed by atoms with van der Waals surface area (Å²) in [5, 5.41) is 0. The fourth-order valence-corrected chi connectivity index (χ4v) is 5.71. The zero-order valence-corrected chi connectivity index (χ0v) is 23.1. The van der Waals surface area contributed by atoms with E-state index in [9.17, 15) is 31.9 Å². The summed E-state index contributed by atoms with van der Waals surface area (Å²) in [6.07, 6.45) is 1.79. The summed E-state index contributed by atoms with van der Waals surface area (Å²) in [4.78, 5) is 45.7. The zero-order chi connectivity index (χ0) is 30.2. The van der Waals surface area contributed by atoms with Crippen LogP contribution in [0.3, 0.4) is 0 Å². The summed E-state index contributed by atoms with van der Waals surface area (Å²) < 4.78 is 67.3. The molecule has 2 fully saturated rings. The molecule has 1 spiro atoms. The van der Waals surface area contributed by atoms with Crippen LogP contribution in [0.15, 0.2) is 54.4 Å². The number of ether oxygens (including phenoxy) is 2. The summed E-state index contributed by atoms with van der Waals surface area (Å²) in [6.45, 7) is 2.27. The molecule has 0 radical (unpaired) electrons. The molecule has 224 valence electrons. The van der Waals surface area contributed by atoms with Crippen molar-refractivity contribution in [3.63, 3.8) is 0 Å². The van der Waals surface area contributed by atoms with Crippen LogP contribution < -0.4 is 0 Å². The van der Waals surface area contributed by atoms with Crippen LogP contribution in [0.5, 0.6) is 0 Å². The highest BCUT2D eigenvalue weighted by atomic mass is 19.4. The van der Waals surface area contributed by atoms with Crippen LogP contribution in [-0.2, 0) is 32.3 Å². The Morgan fingerprint density at radius 2 is 1.98 bits per heavy atom. The molecule has 2 aliphatic carbocycles. The number of hydrogen-bond donors (Lipinski definition) is 0. The summed E-state index contributed by atoms with van der Waals surface area (Å²) in [5.74, 6) is -1.78. The van der Waals surface area contributed by atoms with Crippen molar-refractivity contribution >= 4 is 23.4 Å². The number of ketones is 1. The summed E-state index contributed by atoms with van der Waals surface area (Å²) in [7, 11) is 0. The van der Waals surface area contributed by atoms with Gasteiger partial charge in [-0.25, -0.2) is 14.2 Å². The van der Waals surface area contributed by atoms with Crippen LogP contribution >= 0.6 is 0 Å². The lowest BCUT2D eigenvalue weighted by Crippen LogP contribution is -2.50. The van der Waals surface area contributed by atoms with Gasteiger partial charge in [-0.2, -0.15) is 13.2 Å². The smallest absolute Gasteiger partial charge is 0.411 e. The number of carbonyl (C=O) groups is 3. The minimum Gasteiger partial charge on any atom is -0.436 e. The lowest BCUT2D eigenvalue weighted by atomic mass is 9.83. The standard InChI is InChI=1S/C29H30F4N4O5/c1-3-41-17-35-13-12-34-26(35)22-8-9-23-21(25(22)39)10-11-28(23)16-36(27(40)42-28)15-24(38)37(18(2)29(31,32)33)14-19-4-6-20(30)7-5-19/h4-9,12-13,18,21H,3,10-11,14-17H2,1-2H3/t18-,21?,28-/m0/s1. The minimum atomic E-state index is -4.73. The molecule has 1 saturated heterocycles. The highest BCUT2D eigenvalue weighted by Gasteiger charge is 2.56. The fourth-order valence-electron chi connectivity index (χ4n) is 5.71. The number of rotatable bonds is 9. The Kier molecular flexibility index (Phi) is 7.97. The van der Waals surface area contributed by atoms with E-state index in [0.717, 1.165) is 24.0 Å². The topological polar surface area (TPSA) is 94.0 Å². The van der Waals surface area contributed by atoms with E-state index < -0.39 is 54.6 Å². The number of alkyl halides is 3. The first-order chi connectivity index (χ1) is 19.9. The van der Waals surface area contributed by atoms with Crippen LogP contribution in [0.25, 0.3) is 5.57 Å². The maximum absolute atomic E-state index is 13.7. The number of allylic oxidation sites excluding steroid dienone is 3. The molecule has 3 atom stereocenters. The van der Waals surface area contributed by atoms with Crippen molar-refractivity contribution in [3.05, 3.63) is 71.6 Å². The van der Waals surface area contributed by atoms with Gasteiger partial charge in [-0.1, -0.05) is 18.2 Å². The summed E-state index contributed by atoms with van der Waals surface area (Å²) in [5.41, 5.74) is 0.127. The normalized spacial score (nSPS) is 22.6. The van der Waals surface area contributed by atoms with E-state index in [0.29, 0.717) is 46.9 Å². The first kappa shape index (κ1) is 29.5. The predicted molar refractivity (Wildman–Crippen MR) is 141 cm³/mol. The highest BCUT2D eigenvalue weighted by Crippen LogP contribution is 2.49. The Labute approximate surface area is 239 Å². The molecule has 0 N–H and O–H groups in total. The SMILES string of the molecule is CCOCn1ccnc1C1=CC=C2C(CC[C@]23CN(CC(=O)N(Cc2ccc(F)cc2)[C@@H](C)C(F)(F)F)C(=O)O3)C1=O. The highest BCUT2D eigenvalue weighted by molar-refractivity contribution is 6.23. The van der Waals surface area contributed by atoms with E-state index in [1.54, 1.807) is 29.1 Å². The van der Waals surface area contributed by atoms with Crippen molar-refractivity contribution in [2.45, 2.75) is 57.8 Å². The fraction of sp³-hybridized carbons (Fsp3) is 0.448. The molecule has 13 heteroatoms. The van der Waals surface area contributed by atoms with E-state index in [-0.39, 0.29) is 19.1 Å². The molecule has 42 heavy (non-hydrogen) atoms. The Morgan fingerprint density at radius 1 is 1.24 bits per heavy atom. The van der Waals surface area contributed by atoms with Crippen LogP contribution in [0.1, 0.15) is 38.1 Å². The van der Waals surface area contributed by atoms with Crippen LogP contribution in [-0.4, -0.2) is 74.7 Å². The van der Waals surface area contributed by atoms with E-state index in [2.05, 4.69) is 4.98 Å². The maximum Gasteiger partial charge on any atom is 0.411 e. The third-order valence-electron chi connectivity index (χ3n) is 7.98. The molecule has 1 aromatic heterocycles. The number of Topliss-reactive ketones (excluding diaryl/α,β-unsaturated/α-hetero) is 1. The molecule has 1 aliphatic heterocycles. The van der Waals surface area contributed by atoms with Crippen molar-refractivity contribution in [3.8, 4) is 0 Å². The van der Waals surface area contributed by atoms with Crippen LogP contribution in [0, 0.1) is 11.7 Å². The van der Waals surface area contributed by atoms with Gasteiger partial charge >= 0.3 is 12.3 Å². The van der Waals surface area contributed by atoms with Gasteiger partial charge in [0.1, 0.15) is 31.0 Å². The number of nitrogens with zero attached hydrogens (tertiary/aromatic N) is 4. The molecule has 0 bridgehead atoms. The van der Waals surface area contributed by atoms with E-state index in [1.165, 1.54) is 12.1 Å². The summed E-state index contributed by atoms with van der Waals surface area (Å²) in [6, 6.07) is 2.64. The number of halogens is 4. The molecule has 3 aliphatic rings. The second-order valence-electron chi connectivity index (χ2n) is 10.6. The van der Waals surface area contributed by atoms with Gasteiger partial charge in [0, 0.05) is 31.5 Å². The Bertz CT molecular complexity index is 1430. The van der Waals surface area contributed by atoms with Crippen molar-refractivity contribution in [1.29, 1.82) is 0 Å². The number of aromatic nitrogens is 2. The Hall–Kier alpha value is -4.00. The number of carbonyl (C=O) groups excluding carboxylic acids is 3. The molecular weight excluding hydrogens is 560 g/mol. The quantitative estimate of drug-likeness (QED) is 0.400. The average molecular weight is 591 g/mol. The average Bonchev–Trinajstić information content (AvgIpc) is 3.64. The van der Waals surface area contributed by atoms with E-state index in [1.807, 2.05) is 6.92 Å². The molecule has 2 amide bonds. The van der Waals surface area contributed by atoms with E-state index >= 15 is 0 Å². The first-order valence-electron chi connectivity index (χ1n) is 13.6. The Balaban J connectivity index is 1.34. The molecular formula is C29H30F4N4O5. The number of fused-ring (bicyclic) bond motifs is 2. The van der Waals surface area contributed by atoms with Gasteiger partial charge in [0.05, 0.1) is 12.1 Å². The lowest BCUT2D eigenvalue weighted by molar-refractivity contribution is -0.187. The number of amides is 2. The third-order valence-corrected chi connectivity index (χ3v) is 7.98. The van der Waals surface area contributed by atoms with E-state index in [4.69, 9.17) is 9.47 Å². The van der Waals surface area contributed by atoms with Crippen molar-refractivity contribution < 1.29 is 41.4 Å². The van der Waals surface area contributed by atoms with Crippen LogP contribution in [0.2, 0.25) is 0 Å². The first-order valence-corrected chi connectivity index (χ1v) is 13.6. The van der Waals surface area contributed by atoms with Crippen LogP contribution in [0.4, 0.5) is 22.4 Å². The molecule has 2 heterocycles. The molecule has 5 rings (SSSR count). The molecule has 9 nitrogen and oxygen atoms in total. The largest absolute Gasteiger partial charge is 0.436 e. The van der Waals surface area contributed by atoms with Crippen molar-refractivity contribution in [2.75, 3.05) is 19.7 Å². The minimum absolute atomic E-state index is 0.0832. The molecule has 1 aromatic carbocycles. The molecule has 1 saturated carbocycles. The van der Waals surface area contributed by atoms with Crippen molar-refractivity contribution in [1.82, 2.24) is 19.4 Å². The second-order valence-corrected chi connectivity index (χ2v) is 10.6. The third kappa shape index (κ3) is 5.57. The van der Waals surface area contributed by atoms with Gasteiger partial charge in [-0.15, -0.1) is 0 Å². The van der Waals surface area contributed by atoms with Gasteiger partial charge in [-0.3, -0.25) is 14.5 Å². The van der Waals surface area contributed by atoms with Crippen molar-refractivity contribution in [2.24, 2.45) is 5.92 Å². The van der Waals surface area contributed by atoms with Gasteiger partial charge in [0.25, 0.3) is 0 Å². The van der Waals surface area contributed by atoms with Gasteiger partial charge < -0.3 is 18.9 Å². The molecule has 2 aromatic rings. The predicted octanol–water partition coefficient (Wildman–Crippen LogP) is 4.49. The Morgan fingerprint density at radius 3 is 2.67 bits per heavy atom. The number of benzene rings is 1. The maximum atomic E-state index is 13.7. The summed E-state index contributed by atoms with van der Waals surface area (Å²) >= 11 is 0. The lowest BCUT2D eigenvalue weighted by Gasteiger charge is -2.32. The van der Waals surface area contributed by atoms with Gasteiger partial charge in [0.15, 0.2) is 11.4 Å². The monoisotopic (exact) mass is 590 g/mol. The number of imidazole rings is 1.